The number of amides is 1. The van der Waals surface area contributed by atoms with Crippen molar-refractivity contribution in [2.45, 2.75) is 45.7 Å². The Morgan fingerprint density at radius 3 is 2.57 bits per heavy atom. The first kappa shape index (κ1) is 16.3. The van der Waals surface area contributed by atoms with Gasteiger partial charge in [0.1, 0.15) is 0 Å². The molecule has 1 saturated heterocycles. The van der Waals surface area contributed by atoms with Crippen molar-refractivity contribution in [1.29, 1.82) is 0 Å². The average molecular weight is 309 g/mol. The van der Waals surface area contributed by atoms with Crippen LogP contribution in [0.4, 0.5) is 0 Å². The molecular weight excluding hydrogens is 284 g/mol. The van der Waals surface area contributed by atoms with Crippen molar-refractivity contribution in [2.75, 3.05) is 6.54 Å². The molecule has 21 heavy (non-hydrogen) atoms. The molecule has 0 aromatic heterocycles. The van der Waals surface area contributed by atoms with Crippen molar-refractivity contribution in [3.05, 3.63) is 34.9 Å². The van der Waals surface area contributed by atoms with Crippen LogP contribution in [-0.2, 0) is 4.79 Å². The molecule has 0 aliphatic carbocycles. The molecule has 1 aromatic rings. The fourth-order valence-electron chi connectivity index (χ4n) is 2.87. The summed E-state index contributed by atoms with van der Waals surface area (Å²) in [6, 6.07) is 7.68. The van der Waals surface area contributed by atoms with Gasteiger partial charge in [0, 0.05) is 5.02 Å². The minimum absolute atomic E-state index is 0.0220. The zero-order valence-electron chi connectivity index (χ0n) is 13.0. The zero-order valence-corrected chi connectivity index (χ0v) is 13.8. The largest absolute Gasteiger partial charge is 0.348 e. The van der Waals surface area contributed by atoms with Crippen LogP contribution < -0.4 is 10.6 Å². The van der Waals surface area contributed by atoms with Crippen LogP contribution in [0.2, 0.25) is 5.02 Å². The number of nitrogens with one attached hydrogen (secondary N) is 2. The quantitative estimate of drug-likeness (QED) is 0.893. The molecule has 1 heterocycles. The number of benzene rings is 1. The predicted octanol–water partition coefficient (Wildman–Crippen LogP) is 3.54. The number of halogens is 1. The number of carbonyl (C=O) groups is 1. The van der Waals surface area contributed by atoms with Crippen LogP contribution in [0.15, 0.2) is 24.3 Å². The van der Waals surface area contributed by atoms with Gasteiger partial charge in [-0.1, -0.05) is 44.5 Å². The van der Waals surface area contributed by atoms with Crippen molar-refractivity contribution in [1.82, 2.24) is 10.6 Å². The molecular formula is C17H25ClN2O. The molecule has 1 aliphatic rings. The van der Waals surface area contributed by atoms with Gasteiger partial charge in [-0.15, -0.1) is 0 Å². The number of carbonyl (C=O) groups excluding carboxylic acids is 1. The molecule has 1 aliphatic heterocycles. The molecule has 1 fully saturated rings. The maximum atomic E-state index is 12.5. The monoisotopic (exact) mass is 308 g/mol. The van der Waals surface area contributed by atoms with Crippen molar-refractivity contribution >= 4 is 17.5 Å². The van der Waals surface area contributed by atoms with Gasteiger partial charge in [0.05, 0.1) is 12.1 Å². The fourth-order valence-corrected chi connectivity index (χ4v) is 2.99. The molecule has 0 spiro atoms. The maximum Gasteiger partial charge on any atom is 0.237 e. The van der Waals surface area contributed by atoms with Gasteiger partial charge in [0.2, 0.25) is 5.91 Å². The number of piperidine rings is 1. The standard InChI is InChI=1S/C17H25ClN2O/c1-11(2)16(13-4-6-14(18)7-5-13)20-17(21)15-10-12(3)8-9-19-15/h4-7,11-12,15-16,19H,8-10H2,1-3H3,(H,20,21). The Morgan fingerprint density at radius 1 is 1.33 bits per heavy atom. The normalized spacial score (nSPS) is 23.9. The number of rotatable bonds is 4. The molecule has 116 valence electrons. The first-order valence-corrected chi connectivity index (χ1v) is 8.14. The third kappa shape index (κ3) is 4.45. The number of hydrogen-bond donors (Lipinski definition) is 2. The minimum atomic E-state index is -0.0673. The third-order valence-electron chi connectivity index (χ3n) is 4.18. The van der Waals surface area contributed by atoms with Crippen LogP contribution in [0.5, 0.6) is 0 Å². The second kappa shape index (κ2) is 7.28. The Balaban J connectivity index is 2.05. The lowest BCUT2D eigenvalue weighted by Crippen LogP contribution is -2.49. The maximum absolute atomic E-state index is 12.5. The molecule has 1 amide bonds. The van der Waals surface area contributed by atoms with E-state index < -0.39 is 0 Å². The van der Waals surface area contributed by atoms with Gasteiger partial charge in [-0.2, -0.15) is 0 Å². The summed E-state index contributed by atoms with van der Waals surface area (Å²) in [7, 11) is 0. The highest BCUT2D eigenvalue weighted by atomic mass is 35.5. The lowest BCUT2D eigenvalue weighted by molar-refractivity contribution is -0.125. The van der Waals surface area contributed by atoms with Gasteiger partial charge in [-0.25, -0.2) is 0 Å². The predicted molar refractivity (Wildman–Crippen MR) is 87.4 cm³/mol. The summed E-state index contributed by atoms with van der Waals surface area (Å²) >= 11 is 5.94. The van der Waals surface area contributed by atoms with Gasteiger partial charge in [-0.3, -0.25) is 4.79 Å². The first-order chi connectivity index (χ1) is 9.97. The summed E-state index contributed by atoms with van der Waals surface area (Å²) in [5.41, 5.74) is 1.10. The van der Waals surface area contributed by atoms with Gasteiger partial charge >= 0.3 is 0 Å². The zero-order chi connectivity index (χ0) is 15.4. The topological polar surface area (TPSA) is 41.1 Å². The van der Waals surface area contributed by atoms with E-state index in [0.29, 0.717) is 11.8 Å². The number of hydrogen-bond acceptors (Lipinski definition) is 2. The van der Waals surface area contributed by atoms with Crippen molar-refractivity contribution in [3.63, 3.8) is 0 Å². The van der Waals surface area contributed by atoms with Crippen LogP contribution in [0.3, 0.4) is 0 Å². The van der Waals surface area contributed by atoms with E-state index in [1.807, 2.05) is 24.3 Å². The van der Waals surface area contributed by atoms with Crippen LogP contribution >= 0.6 is 11.6 Å². The highest BCUT2D eigenvalue weighted by Gasteiger charge is 2.27. The second-order valence-electron chi connectivity index (χ2n) is 6.42. The summed E-state index contributed by atoms with van der Waals surface area (Å²) in [5.74, 6) is 1.04. The molecule has 0 bridgehead atoms. The minimum Gasteiger partial charge on any atom is -0.348 e. The van der Waals surface area contributed by atoms with E-state index in [1.165, 1.54) is 0 Å². The Hall–Kier alpha value is -1.06. The Bertz CT molecular complexity index is 472. The van der Waals surface area contributed by atoms with Crippen molar-refractivity contribution < 1.29 is 4.79 Å². The van der Waals surface area contributed by atoms with E-state index >= 15 is 0 Å². The molecule has 3 unspecified atom stereocenters. The Labute approximate surface area is 132 Å². The summed E-state index contributed by atoms with van der Waals surface area (Å²) in [6.07, 6.45) is 2.06. The van der Waals surface area contributed by atoms with Crippen molar-refractivity contribution in [2.24, 2.45) is 11.8 Å². The van der Waals surface area contributed by atoms with Crippen LogP contribution in [-0.4, -0.2) is 18.5 Å². The molecule has 0 saturated carbocycles. The highest BCUT2D eigenvalue weighted by Crippen LogP contribution is 2.24. The van der Waals surface area contributed by atoms with Gasteiger partial charge in [0.15, 0.2) is 0 Å². The third-order valence-corrected chi connectivity index (χ3v) is 4.43. The highest BCUT2D eigenvalue weighted by molar-refractivity contribution is 6.30. The molecule has 1 aromatic carbocycles. The molecule has 0 radical (unpaired) electrons. The summed E-state index contributed by atoms with van der Waals surface area (Å²) < 4.78 is 0. The lowest BCUT2D eigenvalue weighted by atomic mass is 9.92. The van der Waals surface area contributed by atoms with E-state index in [2.05, 4.69) is 31.4 Å². The Morgan fingerprint density at radius 2 is 2.00 bits per heavy atom. The first-order valence-electron chi connectivity index (χ1n) is 7.76. The van der Waals surface area contributed by atoms with Gasteiger partial charge in [0.25, 0.3) is 0 Å². The van der Waals surface area contributed by atoms with Gasteiger partial charge < -0.3 is 10.6 Å². The van der Waals surface area contributed by atoms with Gasteiger partial charge in [-0.05, 0) is 48.9 Å². The van der Waals surface area contributed by atoms with E-state index in [1.54, 1.807) is 0 Å². The van der Waals surface area contributed by atoms with E-state index in [9.17, 15) is 4.79 Å². The summed E-state index contributed by atoms with van der Waals surface area (Å²) in [5, 5.41) is 7.24. The molecule has 2 N–H and O–H groups in total. The van der Waals surface area contributed by atoms with Crippen LogP contribution in [0.25, 0.3) is 0 Å². The Kier molecular flexibility index (Phi) is 5.65. The summed E-state index contributed by atoms with van der Waals surface area (Å²) in [6.45, 7) is 7.37. The molecule has 4 heteroatoms. The molecule has 3 atom stereocenters. The van der Waals surface area contributed by atoms with Crippen molar-refractivity contribution in [3.8, 4) is 0 Å². The van der Waals surface area contributed by atoms with E-state index in [4.69, 9.17) is 11.6 Å². The van der Waals surface area contributed by atoms with E-state index in [0.717, 1.165) is 30.0 Å². The fraction of sp³-hybridized carbons (Fsp3) is 0.588. The van der Waals surface area contributed by atoms with E-state index in [-0.39, 0.29) is 18.0 Å². The SMILES string of the molecule is CC1CCNC(C(=O)NC(c2ccc(Cl)cc2)C(C)C)C1. The average Bonchev–Trinajstić information content (AvgIpc) is 2.45. The smallest absolute Gasteiger partial charge is 0.237 e. The molecule has 3 nitrogen and oxygen atoms in total. The molecule has 2 rings (SSSR count). The lowest BCUT2D eigenvalue weighted by Gasteiger charge is -2.30. The van der Waals surface area contributed by atoms with Crippen LogP contribution in [0, 0.1) is 11.8 Å². The summed E-state index contributed by atoms with van der Waals surface area (Å²) in [4.78, 5) is 12.5. The van der Waals surface area contributed by atoms with Crippen LogP contribution in [0.1, 0.15) is 45.2 Å². The second-order valence-corrected chi connectivity index (χ2v) is 6.85.